The predicted molar refractivity (Wildman–Crippen MR) is 95.0 cm³/mol. The van der Waals surface area contributed by atoms with Gasteiger partial charge in [0.2, 0.25) is 0 Å². The Labute approximate surface area is 146 Å². The van der Waals surface area contributed by atoms with Crippen LogP contribution >= 0.6 is 0 Å². The van der Waals surface area contributed by atoms with Crippen LogP contribution in [-0.2, 0) is 0 Å². The van der Waals surface area contributed by atoms with Gasteiger partial charge in [-0.1, -0.05) is 18.2 Å². The van der Waals surface area contributed by atoms with Crippen LogP contribution in [0.5, 0.6) is 0 Å². The number of benzene rings is 1. The lowest BCUT2D eigenvalue weighted by Gasteiger charge is -2.40. The Morgan fingerprint density at radius 2 is 2.04 bits per heavy atom. The highest BCUT2D eigenvalue weighted by molar-refractivity contribution is 5.92. The summed E-state index contributed by atoms with van der Waals surface area (Å²) in [6.45, 7) is 1.34. The number of carbonyl (C=O) groups is 1. The van der Waals surface area contributed by atoms with Crippen LogP contribution in [0.2, 0.25) is 0 Å². The minimum absolute atomic E-state index is 0.239. The molecule has 7 heteroatoms. The first kappa shape index (κ1) is 17.4. The lowest BCUT2D eigenvalue weighted by Crippen LogP contribution is -2.54. The quantitative estimate of drug-likeness (QED) is 0.855. The molecule has 7 nitrogen and oxygen atoms in total. The second kappa shape index (κ2) is 6.85. The Hall–Kier alpha value is -2.38. The molecular weight excluding hydrogens is 320 g/mol. The number of carbonyl (C=O) groups excluding carboxylic acids is 1. The van der Waals surface area contributed by atoms with Crippen molar-refractivity contribution < 1.29 is 9.90 Å². The Kier molecular flexibility index (Phi) is 4.78. The van der Waals surface area contributed by atoms with E-state index < -0.39 is 5.60 Å². The molecule has 1 aliphatic heterocycles. The number of hydrogen-bond donors (Lipinski definition) is 2. The van der Waals surface area contributed by atoms with E-state index in [0.717, 1.165) is 6.42 Å². The van der Waals surface area contributed by atoms with Gasteiger partial charge >= 0.3 is 0 Å². The van der Waals surface area contributed by atoms with Crippen molar-refractivity contribution in [3.63, 3.8) is 0 Å². The molecule has 2 heterocycles. The van der Waals surface area contributed by atoms with Crippen molar-refractivity contribution in [2.75, 3.05) is 33.7 Å². The molecule has 1 aromatic carbocycles. The van der Waals surface area contributed by atoms with Crippen LogP contribution < -0.4 is 5.56 Å². The average molecular weight is 344 g/mol. The van der Waals surface area contributed by atoms with Crippen molar-refractivity contribution in [2.45, 2.75) is 18.4 Å². The third-order valence-electron chi connectivity index (χ3n) is 4.42. The van der Waals surface area contributed by atoms with E-state index in [1.807, 2.05) is 37.2 Å². The number of piperidine rings is 1. The molecular formula is C18H24N4O3. The van der Waals surface area contributed by atoms with E-state index in [1.54, 1.807) is 17.0 Å². The molecule has 134 valence electrons. The van der Waals surface area contributed by atoms with E-state index in [9.17, 15) is 14.7 Å². The van der Waals surface area contributed by atoms with Crippen molar-refractivity contribution in [1.82, 2.24) is 19.6 Å². The molecule has 1 atom stereocenters. The summed E-state index contributed by atoms with van der Waals surface area (Å²) in [5.41, 5.74) is -0.285. The number of likely N-dealkylation sites (tertiary alicyclic amines) is 1. The largest absolute Gasteiger partial charge is 0.387 e. The van der Waals surface area contributed by atoms with Crippen LogP contribution in [-0.4, -0.2) is 69.9 Å². The number of rotatable bonds is 4. The van der Waals surface area contributed by atoms with Gasteiger partial charge in [0, 0.05) is 19.2 Å². The van der Waals surface area contributed by atoms with Gasteiger partial charge in [0.1, 0.15) is 5.69 Å². The third-order valence-corrected chi connectivity index (χ3v) is 4.42. The number of aromatic nitrogens is 2. The molecule has 2 aromatic rings. The summed E-state index contributed by atoms with van der Waals surface area (Å²) in [6, 6.07) is 10.4. The molecule has 1 aliphatic rings. The van der Waals surface area contributed by atoms with Crippen LogP contribution in [0.3, 0.4) is 0 Å². The molecule has 0 aliphatic carbocycles. The summed E-state index contributed by atoms with van der Waals surface area (Å²) in [7, 11) is 3.80. The third kappa shape index (κ3) is 3.83. The van der Waals surface area contributed by atoms with Crippen LogP contribution in [0.1, 0.15) is 23.3 Å². The molecule has 0 saturated carbocycles. The summed E-state index contributed by atoms with van der Waals surface area (Å²) in [6.07, 6.45) is 1.40. The summed E-state index contributed by atoms with van der Waals surface area (Å²) < 4.78 is 1.35. The average Bonchev–Trinajstić information content (AvgIpc) is 2.95. The van der Waals surface area contributed by atoms with E-state index in [4.69, 9.17) is 0 Å². The van der Waals surface area contributed by atoms with Crippen molar-refractivity contribution in [3.8, 4) is 5.69 Å². The fraction of sp³-hybridized carbons (Fsp3) is 0.444. The Morgan fingerprint density at radius 1 is 1.32 bits per heavy atom. The second-order valence-electron chi connectivity index (χ2n) is 6.97. The zero-order valence-electron chi connectivity index (χ0n) is 14.6. The molecule has 0 bridgehead atoms. The summed E-state index contributed by atoms with van der Waals surface area (Å²) >= 11 is 0. The van der Waals surface area contributed by atoms with Gasteiger partial charge in [-0.05, 0) is 39.1 Å². The summed E-state index contributed by atoms with van der Waals surface area (Å²) in [5, 5.41) is 13.6. The molecule has 25 heavy (non-hydrogen) atoms. The van der Waals surface area contributed by atoms with Gasteiger partial charge in [-0.25, -0.2) is 4.68 Å². The van der Waals surface area contributed by atoms with E-state index in [0.29, 0.717) is 25.2 Å². The maximum Gasteiger partial charge on any atom is 0.272 e. The number of β-amino-alcohol motifs (C(OH)–C–C–N with tert-alkyl or cyclic N) is 1. The van der Waals surface area contributed by atoms with E-state index in [-0.39, 0.29) is 23.7 Å². The standard InChI is InChI=1S/C18H24N4O3/c1-20(2)12-18(25)9-6-10-21(13-18)17(24)15-11-16(23)22(19-15)14-7-4-3-5-8-14/h3-5,7-8,11,19,25H,6,9-10,12-13H2,1-2H3/t18-/m1/s1. The molecule has 1 aromatic heterocycles. The monoisotopic (exact) mass is 344 g/mol. The number of aromatic amines is 1. The van der Waals surface area contributed by atoms with Crippen LogP contribution in [0.15, 0.2) is 41.2 Å². The zero-order valence-corrected chi connectivity index (χ0v) is 14.6. The number of para-hydroxylation sites is 1. The first-order valence-electron chi connectivity index (χ1n) is 8.42. The van der Waals surface area contributed by atoms with Gasteiger partial charge in [-0.2, -0.15) is 0 Å². The van der Waals surface area contributed by atoms with Crippen LogP contribution in [0.25, 0.3) is 5.69 Å². The fourth-order valence-electron chi connectivity index (χ4n) is 3.45. The molecule has 1 saturated heterocycles. The zero-order chi connectivity index (χ0) is 18.0. The highest BCUT2D eigenvalue weighted by Gasteiger charge is 2.36. The SMILES string of the molecule is CN(C)C[C@]1(O)CCCN(C(=O)c2cc(=O)n(-c3ccccc3)[nH]2)C1. The summed E-state index contributed by atoms with van der Waals surface area (Å²) in [4.78, 5) is 28.5. The van der Waals surface area contributed by atoms with Crippen molar-refractivity contribution >= 4 is 5.91 Å². The molecule has 1 fully saturated rings. The second-order valence-corrected chi connectivity index (χ2v) is 6.97. The molecule has 0 radical (unpaired) electrons. The van der Waals surface area contributed by atoms with E-state index in [2.05, 4.69) is 5.10 Å². The van der Waals surface area contributed by atoms with Gasteiger partial charge in [0.15, 0.2) is 0 Å². The Bertz CT molecular complexity index is 796. The van der Waals surface area contributed by atoms with Crippen LogP contribution in [0, 0.1) is 0 Å². The summed E-state index contributed by atoms with van der Waals surface area (Å²) in [5.74, 6) is -0.260. The number of aliphatic hydroxyl groups is 1. The topological polar surface area (TPSA) is 81.6 Å². The van der Waals surface area contributed by atoms with Gasteiger partial charge in [-0.3, -0.25) is 14.7 Å². The Morgan fingerprint density at radius 3 is 2.72 bits per heavy atom. The minimum atomic E-state index is -0.917. The Balaban J connectivity index is 1.81. The first-order chi connectivity index (χ1) is 11.9. The molecule has 2 N–H and O–H groups in total. The molecule has 0 spiro atoms. The normalized spacial score (nSPS) is 20.9. The smallest absolute Gasteiger partial charge is 0.272 e. The number of likely N-dealkylation sites (N-methyl/N-ethyl adjacent to an activating group) is 1. The number of nitrogens with zero attached hydrogens (tertiary/aromatic N) is 3. The number of nitrogens with one attached hydrogen (secondary N) is 1. The lowest BCUT2D eigenvalue weighted by atomic mass is 9.92. The van der Waals surface area contributed by atoms with Crippen molar-refractivity contribution in [2.24, 2.45) is 0 Å². The first-order valence-corrected chi connectivity index (χ1v) is 8.42. The van der Waals surface area contributed by atoms with Crippen molar-refractivity contribution in [3.05, 3.63) is 52.4 Å². The number of amides is 1. The fourth-order valence-corrected chi connectivity index (χ4v) is 3.45. The van der Waals surface area contributed by atoms with Gasteiger partial charge in [0.05, 0.1) is 17.8 Å². The number of H-pyrrole nitrogens is 1. The lowest BCUT2D eigenvalue weighted by molar-refractivity contribution is -0.0392. The van der Waals surface area contributed by atoms with Crippen molar-refractivity contribution in [1.29, 1.82) is 0 Å². The highest BCUT2D eigenvalue weighted by Crippen LogP contribution is 2.23. The number of hydrogen-bond acceptors (Lipinski definition) is 4. The van der Waals surface area contributed by atoms with E-state index >= 15 is 0 Å². The maximum atomic E-state index is 12.8. The van der Waals surface area contributed by atoms with Gasteiger partial charge in [0.25, 0.3) is 11.5 Å². The molecule has 3 rings (SSSR count). The highest BCUT2D eigenvalue weighted by atomic mass is 16.3. The molecule has 1 amide bonds. The molecule has 0 unspecified atom stereocenters. The predicted octanol–water partition coefficient (Wildman–Crippen LogP) is 0.694. The minimum Gasteiger partial charge on any atom is -0.387 e. The van der Waals surface area contributed by atoms with Crippen LogP contribution in [0.4, 0.5) is 0 Å². The van der Waals surface area contributed by atoms with Gasteiger partial charge < -0.3 is 14.9 Å². The van der Waals surface area contributed by atoms with Gasteiger partial charge in [-0.15, -0.1) is 0 Å². The van der Waals surface area contributed by atoms with E-state index in [1.165, 1.54) is 10.7 Å². The maximum absolute atomic E-state index is 12.8.